The Morgan fingerprint density at radius 1 is 1.60 bits per heavy atom. The first-order valence-corrected chi connectivity index (χ1v) is 5.33. The molecule has 1 aromatic rings. The summed E-state index contributed by atoms with van der Waals surface area (Å²) in [5.74, 6) is 2.63. The van der Waals surface area contributed by atoms with E-state index < -0.39 is 0 Å². The number of hydrogen-bond acceptors (Lipinski definition) is 3. The van der Waals surface area contributed by atoms with E-state index in [4.69, 9.17) is 0 Å². The van der Waals surface area contributed by atoms with Crippen LogP contribution >= 0.6 is 0 Å². The molecule has 1 heterocycles. The second-order valence-electron chi connectivity index (χ2n) is 4.42. The molecule has 80 valence electrons. The van der Waals surface area contributed by atoms with Crippen LogP contribution in [0.5, 0.6) is 0 Å². The highest BCUT2D eigenvalue weighted by atomic mass is 16.1. The van der Waals surface area contributed by atoms with E-state index in [-0.39, 0.29) is 0 Å². The van der Waals surface area contributed by atoms with Crippen LogP contribution in [0, 0.1) is 11.8 Å². The Morgan fingerprint density at radius 2 is 2.33 bits per heavy atom. The lowest BCUT2D eigenvalue weighted by atomic mass is 10.3. The molecular formula is C12H16N2O. The first-order chi connectivity index (χ1) is 7.20. The Hall–Kier alpha value is -1.38. The number of aromatic nitrogens is 1. The number of carbonyl (C=O) groups is 1. The summed E-state index contributed by atoms with van der Waals surface area (Å²) in [5, 5.41) is 0. The maximum Gasteiger partial charge on any atom is 0.151 e. The van der Waals surface area contributed by atoms with Crippen LogP contribution in [0.1, 0.15) is 23.7 Å². The van der Waals surface area contributed by atoms with Crippen molar-refractivity contribution in [1.82, 2.24) is 4.98 Å². The monoisotopic (exact) mass is 204 g/mol. The number of aldehydes is 1. The molecule has 3 heteroatoms. The molecule has 1 aliphatic carbocycles. The number of nitrogens with zero attached hydrogens (tertiary/aromatic N) is 2. The quantitative estimate of drug-likeness (QED) is 0.703. The minimum Gasteiger partial charge on any atom is -0.359 e. The molecule has 1 fully saturated rings. The van der Waals surface area contributed by atoms with E-state index in [1.807, 2.05) is 19.2 Å². The molecule has 3 nitrogen and oxygen atoms in total. The van der Waals surface area contributed by atoms with Gasteiger partial charge in [0.15, 0.2) is 6.29 Å². The maximum absolute atomic E-state index is 10.5. The largest absolute Gasteiger partial charge is 0.359 e. The second kappa shape index (κ2) is 4.01. The molecule has 15 heavy (non-hydrogen) atoms. The Kier molecular flexibility index (Phi) is 2.71. The Labute approximate surface area is 90.1 Å². The van der Waals surface area contributed by atoms with E-state index in [1.54, 1.807) is 6.20 Å². The van der Waals surface area contributed by atoms with Crippen LogP contribution in [0.2, 0.25) is 0 Å². The average Bonchev–Trinajstić information content (AvgIpc) is 2.94. The zero-order chi connectivity index (χ0) is 10.8. The predicted octanol–water partition coefficient (Wildman–Crippen LogP) is 1.99. The van der Waals surface area contributed by atoms with Crippen molar-refractivity contribution in [2.45, 2.75) is 13.3 Å². The molecule has 1 aliphatic rings. The van der Waals surface area contributed by atoms with Crippen molar-refractivity contribution in [2.24, 2.45) is 11.8 Å². The molecule has 0 bridgehead atoms. The molecule has 1 saturated carbocycles. The third kappa shape index (κ3) is 2.35. The van der Waals surface area contributed by atoms with E-state index in [0.29, 0.717) is 5.56 Å². The van der Waals surface area contributed by atoms with Gasteiger partial charge in [0.05, 0.1) is 0 Å². The van der Waals surface area contributed by atoms with Crippen LogP contribution in [0.15, 0.2) is 18.3 Å². The van der Waals surface area contributed by atoms with Gasteiger partial charge in [-0.15, -0.1) is 0 Å². The van der Waals surface area contributed by atoms with Gasteiger partial charge in [0.2, 0.25) is 0 Å². The summed E-state index contributed by atoms with van der Waals surface area (Å²) < 4.78 is 0. The van der Waals surface area contributed by atoms with Gasteiger partial charge in [-0.2, -0.15) is 0 Å². The molecule has 0 amide bonds. The lowest BCUT2D eigenvalue weighted by Crippen LogP contribution is -2.21. The summed E-state index contributed by atoms with van der Waals surface area (Å²) in [4.78, 5) is 16.9. The van der Waals surface area contributed by atoms with Crippen LogP contribution in [-0.2, 0) is 0 Å². The van der Waals surface area contributed by atoms with E-state index >= 15 is 0 Å². The molecule has 0 saturated heterocycles. The summed E-state index contributed by atoms with van der Waals surface area (Å²) in [6.07, 6.45) is 3.77. The third-order valence-corrected chi connectivity index (χ3v) is 3.08. The molecule has 0 aromatic carbocycles. The molecule has 2 unspecified atom stereocenters. The maximum atomic E-state index is 10.5. The summed E-state index contributed by atoms with van der Waals surface area (Å²) in [7, 11) is 2.05. The van der Waals surface area contributed by atoms with E-state index in [1.165, 1.54) is 6.42 Å². The fourth-order valence-corrected chi connectivity index (χ4v) is 1.79. The van der Waals surface area contributed by atoms with Crippen LogP contribution in [0.4, 0.5) is 5.82 Å². The molecule has 2 atom stereocenters. The summed E-state index contributed by atoms with van der Waals surface area (Å²) in [6.45, 7) is 3.34. The first kappa shape index (κ1) is 10.1. The average molecular weight is 204 g/mol. The minimum atomic E-state index is 0.631. The number of rotatable bonds is 4. The van der Waals surface area contributed by atoms with Crippen molar-refractivity contribution in [2.75, 3.05) is 18.5 Å². The first-order valence-electron chi connectivity index (χ1n) is 5.33. The van der Waals surface area contributed by atoms with Crippen molar-refractivity contribution in [3.63, 3.8) is 0 Å². The highest BCUT2D eigenvalue weighted by Gasteiger charge is 2.33. The molecule has 0 spiro atoms. The number of hydrogen-bond donors (Lipinski definition) is 0. The van der Waals surface area contributed by atoms with E-state index in [0.717, 1.165) is 30.5 Å². The topological polar surface area (TPSA) is 33.2 Å². The van der Waals surface area contributed by atoms with Crippen molar-refractivity contribution in [3.05, 3.63) is 23.9 Å². The van der Waals surface area contributed by atoms with Gasteiger partial charge < -0.3 is 4.90 Å². The normalized spacial score (nSPS) is 23.6. The van der Waals surface area contributed by atoms with Crippen LogP contribution < -0.4 is 4.90 Å². The lowest BCUT2D eigenvalue weighted by molar-refractivity contribution is 0.112. The van der Waals surface area contributed by atoms with Crippen molar-refractivity contribution in [1.29, 1.82) is 0 Å². The summed E-state index contributed by atoms with van der Waals surface area (Å²) in [6, 6.07) is 3.71. The van der Waals surface area contributed by atoms with Gasteiger partial charge >= 0.3 is 0 Å². The van der Waals surface area contributed by atoms with Gasteiger partial charge in [0.25, 0.3) is 0 Å². The summed E-state index contributed by atoms with van der Waals surface area (Å²) in [5.41, 5.74) is 0.631. The Bertz CT molecular complexity index is 347. The predicted molar refractivity (Wildman–Crippen MR) is 60.2 cm³/mol. The zero-order valence-corrected chi connectivity index (χ0v) is 9.18. The van der Waals surface area contributed by atoms with Gasteiger partial charge in [0.1, 0.15) is 5.82 Å². The van der Waals surface area contributed by atoms with Gasteiger partial charge in [0, 0.05) is 25.4 Å². The molecule has 2 rings (SSSR count). The lowest BCUT2D eigenvalue weighted by Gasteiger charge is -2.17. The SMILES string of the molecule is CC1CC1CN(C)c1ccc(C=O)cn1. The van der Waals surface area contributed by atoms with Gasteiger partial charge in [-0.3, -0.25) is 4.79 Å². The summed E-state index contributed by atoms with van der Waals surface area (Å²) >= 11 is 0. The fourth-order valence-electron chi connectivity index (χ4n) is 1.79. The fraction of sp³-hybridized carbons (Fsp3) is 0.500. The van der Waals surface area contributed by atoms with Crippen molar-refractivity contribution < 1.29 is 4.79 Å². The van der Waals surface area contributed by atoms with E-state index in [9.17, 15) is 4.79 Å². The minimum absolute atomic E-state index is 0.631. The number of anilines is 1. The van der Waals surface area contributed by atoms with Crippen molar-refractivity contribution in [3.8, 4) is 0 Å². The highest BCUT2D eigenvalue weighted by molar-refractivity contribution is 5.74. The van der Waals surface area contributed by atoms with Gasteiger partial charge in [-0.1, -0.05) is 6.92 Å². The van der Waals surface area contributed by atoms with Crippen LogP contribution in [0.25, 0.3) is 0 Å². The molecule has 0 aliphatic heterocycles. The second-order valence-corrected chi connectivity index (χ2v) is 4.42. The number of carbonyl (C=O) groups excluding carboxylic acids is 1. The third-order valence-electron chi connectivity index (χ3n) is 3.08. The van der Waals surface area contributed by atoms with Crippen molar-refractivity contribution >= 4 is 12.1 Å². The molecule has 0 radical (unpaired) electrons. The van der Waals surface area contributed by atoms with E-state index in [2.05, 4.69) is 16.8 Å². The zero-order valence-electron chi connectivity index (χ0n) is 9.18. The molecule has 0 N–H and O–H groups in total. The smallest absolute Gasteiger partial charge is 0.151 e. The van der Waals surface area contributed by atoms with Crippen LogP contribution in [0.3, 0.4) is 0 Å². The van der Waals surface area contributed by atoms with Gasteiger partial charge in [-0.05, 0) is 30.4 Å². The molecule has 1 aromatic heterocycles. The number of pyridine rings is 1. The van der Waals surface area contributed by atoms with Gasteiger partial charge in [-0.25, -0.2) is 4.98 Å². The Morgan fingerprint density at radius 3 is 2.80 bits per heavy atom. The van der Waals surface area contributed by atoms with Crippen LogP contribution in [-0.4, -0.2) is 24.9 Å². The molecular weight excluding hydrogens is 188 g/mol. The Balaban J connectivity index is 1.98. The highest BCUT2D eigenvalue weighted by Crippen LogP contribution is 2.38. The standard InChI is InChI=1S/C12H16N2O/c1-9-5-11(9)7-14(2)12-4-3-10(8-15)6-13-12/h3-4,6,8-9,11H,5,7H2,1-2H3.